The number of ketones is 1. The molecule has 1 heteroatoms. The Labute approximate surface area is 193 Å². The van der Waals surface area contributed by atoms with E-state index >= 15 is 0 Å². The molecule has 3 saturated carbocycles. The summed E-state index contributed by atoms with van der Waals surface area (Å²) >= 11 is 0. The largest absolute Gasteiger partial charge is 0.295 e. The van der Waals surface area contributed by atoms with Crippen LogP contribution in [0.5, 0.6) is 0 Å². The van der Waals surface area contributed by atoms with Crippen LogP contribution in [-0.2, 0) is 4.79 Å². The summed E-state index contributed by atoms with van der Waals surface area (Å²) in [7, 11) is 0. The molecule has 4 aliphatic carbocycles. The second-order valence-corrected chi connectivity index (χ2v) is 13.1. The number of hydrogen-bond acceptors (Lipinski definition) is 1. The molecule has 0 aromatic heterocycles. The van der Waals surface area contributed by atoms with Gasteiger partial charge in [-0.25, -0.2) is 0 Å². The summed E-state index contributed by atoms with van der Waals surface area (Å²) in [6, 6.07) is 0. The molecular weight excluding hydrogens is 376 g/mol. The Hall–Kier alpha value is -0.590. The molecule has 0 spiro atoms. The molecule has 0 amide bonds. The molecule has 0 aromatic carbocycles. The van der Waals surface area contributed by atoms with Gasteiger partial charge >= 0.3 is 0 Å². The number of carbonyl (C=O) groups excluding carboxylic acids is 1. The Bertz CT molecular complexity index is 703. The maximum Gasteiger partial charge on any atom is 0.155 e. The van der Waals surface area contributed by atoms with Gasteiger partial charge in [0.25, 0.3) is 0 Å². The predicted molar refractivity (Wildman–Crippen MR) is 132 cm³/mol. The third kappa shape index (κ3) is 3.78. The van der Waals surface area contributed by atoms with E-state index in [0.717, 1.165) is 47.8 Å². The number of allylic oxidation sites excluding steroid dienone is 1. The molecule has 4 aliphatic rings. The molecule has 0 unspecified atom stereocenters. The van der Waals surface area contributed by atoms with Gasteiger partial charge in [0, 0.05) is 6.42 Å². The van der Waals surface area contributed by atoms with Crippen molar-refractivity contribution < 1.29 is 4.79 Å². The van der Waals surface area contributed by atoms with Crippen LogP contribution in [-0.4, -0.2) is 5.78 Å². The van der Waals surface area contributed by atoms with E-state index in [1.807, 2.05) is 0 Å². The van der Waals surface area contributed by atoms with Crippen molar-refractivity contribution >= 4 is 5.78 Å². The fourth-order valence-corrected chi connectivity index (χ4v) is 9.60. The SMILES string of the molecule is CC[C@H](CC[C@@H](C)[C@H]1CC[C@H]2[C@@H]3CCC4=CC(=O)C[C@H](C)[C@]4(C)[C@H]3CC[C@]12C)C(C)C. The van der Waals surface area contributed by atoms with Gasteiger partial charge < -0.3 is 0 Å². The number of fused-ring (bicyclic) bond motifs is 5. The van der Waals surface area contributed by atoms with Crippen molar-refractivity contribution in [2.24, 2.45) is 58.2 Å². The second kappa shape index (κ2) is 8.64. The summed E-state index contributed by atoms with van der Waals surface area (Å²) in [6.07, 6.45) is 15.4. The van der Waals surface area contributed by atoms with Crippen LogP contribution in [0.2, 0.25) is 0 Å². The van der Waals surface area contributed by atoms with E-state index in [0.29, 0.717) is 17.1 Å². The van der Waals surface area contributed by atoms with Gasteiger partial charge in [-0.05, 0) is 109 Å². The first-order chi connectivity index (χ1) is 14.6. The maximum absolute atomic E-state index is 12.3. The van der Waals surface area contributed by atoms with Crippen LogP contribution < -0.4 is 0 Å². The molecule has 0 radical (unpaired) electrons. The molecule has 1 nitrogen and oxygen atoms in total. The van der Waals surface area contributed by atoms with E-state index in [9.17, 15) is 4.79 Å². The Kier molecular flexibility index (Phi) is 6.57. The van der Waals surface area contributed by atoms with Crippen molar-refractivity contribution in [1.29, 1.82) is 0 Å². The molecule has 0 bridgehead atoms. The standard InChI is InChI=1S/C30H50O/c1-8-22(19(2)3)10-9-20(4)26-13-14-27-25-12-11-23-18-24(31)17-21(5)30(23,7)28(25)15-16-29(26,27)6/h18-22,25-28H,8-17H2,1-7H3/t20-,21+,22-,25+,26-,27+,28+,29-,30+/m1/s1. The monoisotopic (exact) mass is 426 g/mol. The number of carbonyl (C=O) groups is 1. The Morgan fingerprint density at radius 1 is 1.03 bits per heavy atom. The first-order valence-corrected chi connectivity index (χ1v) is 13.9. The van der Waals surface area contributed by atoms with E-state index in [1.165, 1.54) is 63.4 Å². The van der Waals surface area contributed by atoms with E-state index in [2.05, 4.69) is 54.5 Å². The molecule has 4 rings (SSSR count). The number of rotatable bonds is 6. The normalized spacial score (nSPS) is 44.3. The molecule has 0 saturated heterocycles. The van der Waals surface area contributed by atoms with Gasteiger partial charge in [-0.1, -0.05) is 66.9 Å². The topological polar surface area (TPSA) is 17.1 Å². The summed E-state index contributed by atoms with van der Waals surface area (Å²) in [6.45, 7) is 17.4. The average molecular weight is 427 g/mol. The lowest BCUT2D eigenvalue weighted by Crippen LogP contribution is -2.53. The third-order valence-electron chi connectivity index (χ3n) is 11.7. The summed E-state index contributed by atoms with van der Waals surface area (Å²) in [5.74, 6) is 7.08. The van der Waals surface area contributed by atoms with Gasteiger partial charge in [-0.2, -0.15) is 0 Å². The van der Waals surface area contributed by atoms with E-state index in [1.54, 1.807) is 0 Å². The Morgan fingerprint density at radius 3 is 2.45 bits per heavy atom. The zero-order valence-corrected chi connectivity index (χ0v) is 21.7. The third-order valence-corrected chi connectivity index (χ3v) is 11.7. The quantitative estimate of drug-likeness (QED) is 0.416. The first kappa shape index (κ1) is 23.6. The highest BCUT2D eigenvalue weighted by atomic mass is 16.1. The van der Waals surface area contributed by atoms with Crippen molar-refractivity contribution in [2.75, 3.05) is 0 Å². The first-order valence-electron chi connectivity index (χ1n) is 13.9. The lowest BCUT2D eigenvalue weighted by molar-refractivity contribution is -0.120. The molecule has 31 heavy (non-hydrogen) atoms. The van der Waals surface area contributed by atoms with E-state index < -0.39 is 0 Å². The minimum absolute atomic E-state index is 0.285. The number of hydrogen-bond donors (Lipinski definition) is 0. The Morgan fingerprint density at radius 2 is 1.77 bits per heavy atom. The van der Waals surface area contributed by atoms with Gasteiger partial charge in [-0.15, -0.1) is 0 Å². The van der Waals surface area contributed by atoms with Crippen molar-refractivity contribution in [3.8, 4) is 0 Å². The van der Waals surface area contributed by atoms with E-state index in [4.69, 9.17) is 0 Å². The van der Waals surface area contributed by atoms with Gasteiger partial charge in [-0.3, -0.25) is 4.79 Å². The van der Waals surface area contributed by atoms with E-state index in [-0.39, 0.29) is 5.41 Å². The molecule has 176 valence electrons. The van der Waals surface area contributed by atoms with Crippen molar-refractivity contribution in [3.05, 3.63) is 11.6 Å². The van der Waals surface area contributed by atoms with Gasteiger partial charge in [0.1, 0.15) is 0 Å². The molecular formula is C30H50O. The zero-order valence-electron chi connectivity index (χ0n) is 21.7. The highest BCUT2D eigenvalue weighted by Crippen LogP contribution is 2.68. The van der Waals surface area contributed by atoms with Crippen molar-refractivity contribution in [3.63, 3.8) is 0 Å². The summed E-state index contributed by atoms with van der Waals surface area (Å²) < 4.78 is 0. The predicted octanol–water partition coefficient (Wildman–Crippen LogP) is 8.48. The van der Waals surface area contributed by atoms with Crippen LogP contribution in [0.1, 0.15) is 113 Å². The highest BCUT2D eigenvalue weighted by molar-refractivity contribution is 5.92. The highest BCUT2D eigenvalue weighted by Gasteiger charge is 2.60. The minimum Gasteiger partial charge on any atom is -0.295 e. The van der Waals surface area contributed by atoms with Gasteiger partial charge in [0.05, 0.1) is 0 Å². The molecule has 9 atom stereocenters. The maximum atomic E-state index is 12.3. The van der Waals surface area contributed by atoms with Gasteiger partial charge in [0.2, 0.25) is 0 Å². The Balaban J connectivity index is 1.50. The van der Waals surface area contributed by atoms with Crippen molar-refractivity contribution in [1.82, 2.24) is 0 Å². The van der Waals surface area contributed by atoms with Crippen LogP contribution in [0.3, 0.4) is 0 Å². The van der Waals surface area contributed by atoms with Crippen LogP contribution in [0.15, 0.2) is 11.6 Å². The van der Waals surface area contributed by atoms with Crippen molar-refractivity contribution in [2.45, 2.75) is 113 Å². The summed E-state index contributed by atoms with van der Waals surface area (Å²) in [4.78, 5) is 12.3. The molecule has 0 N–H and O–H groups in total. The summed E-state index contributed by atoms with van der Waals surface area (Å²) in [5.41, 5.74) is 2.36. The fourth-order valence-electron chi connectivity index (χ4n) is 9.60. The van der Waals surface area contributed by atoms with Gasteiger partial charge in [0.15, 0.2) is 5.78 Å². The summed E-state index contributed by atoms with van der Waals surface area (Å²) in [5, 5.41) is 0. The molecule has 0 aromatic rings. The zero-order chi connectivity index (χ0) is 22.6. The average Bonchev–Trinajstić information content (AvgIpc) is 3.06. The lowest BCUT2D eigenvalue weighted by atomic mass is 9.44. The van der Waals surface area contributed by atoms with Crippen LogP contribution in [0.4, 0.5) is 0 Å². The van der Waals surface area contributed by atoms with Crippen LogP contribution in [0, 0.1) is 58.2 Å². The molecule has 0 aliphatic heterocycles. The lowest BCUT2D eigenvalue weighted by Gasteiger charge is -2.60. The molecule has 0 heterocycles. The van der Waals surface area contributed by atoms with Crippen LogP contribution >= 0.6 is 0 Å². The second-order valence-electron chi connectivity index (χ2n) is 13.1. The van der Waals surface area contributed by atoms with Crippen LogP contribution in [0.25, 0.3) is 0 Å². The smallest absolute Gasteiger partial charge is 0.155 e. The fraction of sp³-hybridized carbons (Fsp3) is 0.900. The molecule has 3 fully saturated rings. The minimum atomic E-state index is 0.285.